The van der Waals surface area contributed by atoms with Crippen LogP contribution in [0.25, 0.3) is 0 Å². The van der Waals surface area contributed by atoms with Crippen molar-refractivity contribution in [2.45, 2.75) is 0 Å². The molecular formula is C10H15N3. The Morgan fingerprint density at radius 3 is 2.85 bits per heavy atom. The van der Waals surface area contributed by atoms with Gasteiger partial charge >= 0.3 is 0 Å². The molecule has 0 heterocycles. The predicted molar refractivity (Wildman–Crippen MR) is 58.8 cm³/mol. The van der Waals surface area contributed by atoms with Crippen molar-refractivity contribution in [3.8, 4) is 0 Å². The van der Waals surface area contributed by atoms with E-state index in [0.29, 0.717) is 0 Å². The summed E-state index contributed by atoms with van der Waals surface area (Å²) in [5.41, 5.74) is 2.23. The van der Waals surface area contributed by atoms with Gasteiger partial charge in [0.15, 0.2) is 0 Å². The van der Waals surface area contributed by atoms with Crippen LogP contribution in [0.1, 0.15) is 0 Å². The Labute approximate surface area is 79.1 Å². The minimum atomic E-state index is 1.11. The molecule has 3 nitrogen and oxygen atoms in total. The van der Waals surface area contributed by atoms with Crippen molar-refractivity contribution in [3.63, 3.8) is 0 Å². The van der Waals surface area contributed by atoms with Crippen LogP contribution in [-0.4, -0.2) is 27.5 Å². The van der Waals surface area contributed by atoms with Gasteiger partial charge in [-0.15, -0.1) is 0 Å². The van der Waals surface area contributed by atoms with E-state index in [1.165, 1.54) is 0 Å². The number of aliphatic imine (C=N–C) groups is 1. The molecule has 0 amide bonds. The second-order valence-electron chi connectivity index (χ2n) is 2.78. The van der Waals surface area contributed by atoms with Crippen LogP contribution in [0.5, 0.6) is 0 Å². The van der Waals surface area contributed by atoms with Gasteiger partial charge in [0.1, 0.15) is 0 Å². The summed E-state index contributed by atoms with van der Waals surface area (Å²) in [5.74, 6) is 0. The summed E-state index contributed by atoms with van der Waals surface area (Å²) in [4.78, 5) is 5.92. The SMILES string of the molecule is CN=CN(C)c1cccc(NC)c1. The number of benzene rings is 1. The first-order valence-corrected chi connectivity index (χ1v) is 4.21. The van der Waals surface area contributed by atoms with E-state index in [4.69, 9.17) is 0 Å². The molecule has 1 rings (SSSR count). The Hall–Kier alpha value is -1.51. The fourth-order valence-corrected chi connectivity index (χ4v) is 1.12. The number of nitrogens with one attached hydrogen (secondary N) is 1. The van der Waals surface area contributed by atoms with Gasteiger partial charge in [0.05, 0.1) is 6.34 Å². The standard InChI is InChI=1S/C10H15N3/c1-11-8-13(3)10-6-4-5-9(7-10)12-2/h4-8,12H,1-3H3. The minimum Gasteiger partial charge on any atom is -0.388 e. The van der Waals surface area contributed by atoms with Crippen molar-refractivity contribution >= 4 is 17.7 Å². The molecule has 0 aliphatic heterocycles. The highest BCUT2D eigenvalue weighted by Gasteiger charge is 1.96. The van der Waals surface area contributed by atoms with Gasteiger partial charge in [-0.25, -0.2) is 0 Å². The first-order valence-electron chi connectivity index (χ1n) is 4.21. The molecule has 0 bridgehead atoms. The Morgan fingerprint density at radius 2 is 2.23 bits per heavy atom. The van der Waals surface area contributed by atoms with Gasteiger partial charge in [-0.05, 0) is 18.2 Å². The fourth-order valence-electron chi connectivity index (χ4n) is 1.12. The molecule has 1 aromatic carbocycles. The monoisotopic (exact) mass is 177 g/mol. The largest absolute Gasteiger partial charge is 0.388 e. The van der Waals surface area contributed by atoms with Crippen molar-refractivity contribution < 1.29 is 0 Å². The number of hydrogen-bond donors (Lipinski definition) is 1. The van der Waals surface area contributed by atoms with E-state index in [2.05, 4.69) is 16.4 Å². The van der Waals surface area contributed by atoms with E-state index in [1.807, 2.05) is 37.2 Å². The zero-order valence-electron chi connectivity index (χ0n) is 8.28. The van der Waals surface area contributed by atoms with Gasteiger partial charge in [0, 0.05) is 32.5 Å². The fraction of sp³-hybridized carbons (Fsp3) is 0.300. The molecule has 0 saturated heterocycles. The van der Waals surface area contributed by atoms with Crippen LogP contribution >= 0.6 is 0 Å². The van der Waals surface area contributed by atoms with Crippen LogP contribution in [-0.2, 0) is 0 Å². The number of hydrogen-bond acceptors (Lipinski definition) is 2. The Bertz CT molecular complexity index is 294. The van der Waals surface area contributed by atoms with Crippen molar-refractivity contribution in [2.24, 2.45) is 4.99 Å². The highest BCUT2D eigenvalue weighted by molar-refractivity contribution is 5.79. The van der Waals surface area contributed by atoms with Gasteiger partial charge in [0.2, 0.25) is 0 Å². The second kappa shape index (κ2) is 4.50. The number of anilines is 2. The lowest BCUT2D eigenvalue weighted by molar-refractivity contribution is 1.27. The van der Waals surface area contributed by atoms with Crippen LogP contribution in [0.4, 0.5) is 11.4 Å². The Balaban J connectivity index is 2.87. The van der Waals surface area contributed by atoms with E-state index in [1.54, 1.807) is 13.4 Å². The summed E-state index contributed by atoms with van der Waals surface area (Å²) in [5, 5.41) is 3.09. The van der Waals surface area contributed by atoms with E-state index in [9.17, 15) is 0 Å². The topological polar surface area (TPSA) is 27.6 Å². The van der Waals surface area contributed by atoms with Crippen LogP contribution in [0.2, 0.25) is 0 Å². The maximum atomic E-state index is 3.95. The highest BCUT2D eigenvalue weighted by Crippen LogP contribution is 2.16. The summed E-state index contributed by atoms with van der Waals surface area (Å²) in [6, 6.07) is 8.16. The quantitative estimate of drug-likeness (QED) is 0.563. The third-order valence-electron chi connectivity index (χ3n) is 1.83. The lowest BCUT2D eigenvalue weighted by Crippen LogP contribution is -2.13. The molecule has 1 N–H and O–H groups in total. The molecule has 0 radical (unpaired) electrons. The van der Waals surface area contributed by atoms with E-state index >= 15 is 0 Å². The van der Waals surface area contributed by atoms with E-state index in [-0.39, 0.29) is 0 Å². The van der Waals surface area contributed by atoms with Crippen molar-refractivity contribution in [3.05, 3.63) is 24.3 Å². The highest BCUT2D eigenvalue weighted by atomic mass is 15.1. The van der Waals surface area contributed by atoms with Crippen molar-refractivity contribution in [1.82, 2.24) is 0 Å². The maximum Gasteiger partial charge on any atom is 0.0888 e. The van der Waals surface area contributed by atoms with Crippen LogP contribution < -0.4 is 10.2 Å². The average Bonchev–Trinajstić information content (AvgIpc) is 2.18. The predicted octanol–water partition coefficient (Wildman–Crippen LogP) is 1.82. The van der Waals surface area contributed by atoms with Crippen LogP contribution in [0.15, 0.2) is 29.3 Å². The van der Waals surface area contributed by atoms with Crippen LogP contribution in [0.3, 0.4) is 0 Å². The van der Waals surface area contributed by atoms with Crippen molar-refractivity contribution in [1.29, 1.82) is 0 Å². The summed E-state index contributed by atoms with van der Waals surface area (Å²) < 4.78 is 0. The lowest BCUT2D eigenvalue weighted by Gasteiger charge is -2.13. The lowest BCUT2D eigenvalue weighted by atomic mass is 10.2. The summed E-state index contributed by atoms with van der Waals surface area (Å²) in [6.45, 7) is 0. The van der Waals surface area contributed by atoms with Gasteiger partial charge in [-0.1, -0.05) is 6.07 Å². The van der Waals surface area contributed by atoms with Gasteiger partial charge in [-0.3, -0.25) is 4.99 Å². The molecule has 1 aromatic rings. The minimum absolute atomic E-state index is 1.11. The molecule has 0 spiro atoms. The van der Waals surface area contributed by atoms with Gasteiger partial charge in [0.25, 0.3) is 0 Å². The molecule has 13 heavy (non-hydrogen) atoms. The second-order valence-corrected chi connectivity index (χ2v) is 2.78. The maximum absolute atomic E-state index is 3.95. The first-order chi connectivity index (χ1) is 6.27. The third kappa shape index (κ3) is 2.47. The zero-order chi connectivity index (χ0) is 9.68. The van der Waals surface area contributed by atoms with E-state index < -0.39 is 0 Å². The Kier molecular flexibility index (Phi) is 3.31. The molecule has 70 valence electrons. The summed E-state index contributed by atoms with van der Waals surface area (Å²) >= 11 is 0. The molecule has 0 aliphatic carbocycles. The smallest absolute Gasteiger partial charge is 0.0888 e. The van der Waals surface area contributed by atoms with Gasteiger partial charge < -0.3 is 10.2 Å². The zero-order valence-corrected chi connectivity index (χ0v) is 8.28. The molecule has 0 atom stereocenters. The van der Waals surface area contributed by atoms with Gasteiger partial charge in [-0.2, -0.15) is 0 Å². The average molecular weight is 177 g/mol. The summed E-state index contributed by atoms with van der Waals surface area (Å²) in [7, 11) is 5.65. The van der Waals surface area contributed by atoms with E-state index in [0.717, 1.165) is 11.4 Å². The number of rotatable bonds is 3. The molecule has 0 aliphatic rings. The third-order valence-corrected chi connectivity index (χ3v) is 1.83. The molecule has 0 aromatic heterocycles. The molecule has 0 saturated carbocycles. The van der Waals surface area contributed by atoms with Crippen molar-refractivity contribution in [2.75, 3.05) is 31.4 Å². The molecule has 3 heteroatoms. The number of nitrogens with zero attached hydrogens (tertiary/aromatic N) is 2. The Morgan fingerprint density at radius 1 is 1.46 bits per heavy atom. The van der Waals surface area contributed by atoms with Crippen LogP contribution in [0, 0.1) is 0 Å². The molecule has 0 fully saturated rings. The first kappa shape index (κ1) is 9.58. The normalized spacial score (nSPS) is 10.4. The molecule has 0 unspecified atom stereocenters. The summed E-state index contributed by atoms with van der Waals surface area (Å²) in [6.07, 6.45) is 1.79. The molecular weight excluding hydrogens is 162 g/mol.